The Hall–Kier alpha value is -0.900. The smallest absolute Gasteiger partial charge is 0.176 e. The van der Waals surface area contributed by atoms with E-state index in [0.29, 0.717) is 17.1 Å². The first-order valence-electron chi connectivity index (χ1n) is 6.74. The van der Waals surface area contributed by atoms with Gasteiger partial charge in [-0.25, -0.2) is 0 Å². The molecule has 0 saturated carbocycles. The molecule has 19 heavy (non-hydrogen) atoms. The van der Waals surface area contributed by atoms with Crippen molar-refractivity contribution in [1.82, 2.24) is 4.90 Å². The molecule has 104 valence electrons. The molecule has 1 unspecified atom stereocenters. The minimum absolute atomic E-state index is 0.120. The molecular formula is C15H20ClNO2. The highest BCUT2D eigenvalue weighted by molar-refractivity contribution is 6.30. The number of ether oxygens (including phenoxy) is 1. The van der Waals surface area contributed by atoms with Crippen molar-refractivity contribution in [3.05, 3.63) is 34.9 Å². The molecular weight excluding hydrogens is 262 g/mol. The Labute approximate surface area is 119 Å². The molecule has 0 spiro atoms. The average Bonchev–Trinajstić information content (AvgIpc) is 2.40. The van der Waals surface area contributed by atoms with E-state index < -0.39 is 0 Å². The van der Waals surface area contributed by atoms with Crippen LogP contribution in [-0.4, -0.2) is 43.5 Å². The number of carbonyl (C=O) groups is 1. The second-order valence-corrected chi connectivity index (χ2v) is 5.55. The van der Waals surface area contributed by atoms with Gasteiger partial charge in [-0.15, -0.1) is 0 Å². The normalized spacial score (nSPS) is 19.6. The maximum atomic E-state index is 12.1. The molecule has 1 aromatic rings. The van der Waals surface area contributed by atoms with Gasteiger partial charge in [0.05, 0.1) is 12.6 Å². The van der Waals surface area contributed by atoms with Crippen LogP contribution in [0.1, 0.15) is 29.6 Å². The molecule has 0 amide bonds. The summed E-state index contributed by atoms with van der Waals surface area (Å²) < 4.78 is 5.68. The zero-order valence-electron chi connectivity index (χ0n) is 11.3. The molecule has 1 aliphatic rings. The van der Waals surface area contributed by atoms with Crippen LogP contribution in [0.2, 0.25) is 5.02 Å². The van der Waals surface area contributed by atoms with Gasteiger partial charge in [-0.2, -0.15) is 0 Å². The molecule has 1 atom stereocenters. The van der Waals surface area contributed by atoms with Crippen molar-refractivity contribution < 1.29 is 9.53 Å². The third-order valence-corrected chi connectivity index (χ3v) is 3.62. The summed E-state index contributed by atoms with van der Waals surface area (Å²) in [6.45, 7) is 2.09. The van der Waals surface area contributed by atoms with E-state index in [1.54, 1.807) is 24.3 Å². The lowest BCUT2D eigenvalue weighted by Crippen LogP contribution is -2.36. The van der Waals surface area contributed by atoms with Crippen molar-refractivity contribution in [3.8, 4) is 0 Å². The molecule has 1 aliphatic heterocycles. The molecule has 0 aliphatic carbocycles. The van der Waals surface area contributed by atoms with Crippen LogP contribution in [0.15, 0.2) is 24.3 Å². The Morgan fingerprint density at radius 2 is 2.11 bits per heavy atom. The molecule has 1 heterocycles. The minimum Gasteiger partial charge on any atom is -0.377 e. The van der Waals surface area contributed by atoms with E-state index in [1.165, 1.54) is 6.42 Å². The monoisotopic (exact) mass is 281 g/mol. The predicted octanol–water partition coefficient (Wildman–Crippen LogP) is 3.02. The number of carbonyl (C=O) groups excluding carboxylic acids is 1. The van der Waals surface area contributed by atoms with Gasteiger partial charge in [-0.05, 0) is 50.6 Å². The second kappa shape index (κ2) is 7.04. The number of ketones is 1. The Morgan fingerprint density at radius 3 is 2.74 bits per heavy atom. The van der Waals surface area contributed by atoms with Crippen molar-refractivity contribution in [2.24, 2.45) is 0 Å². The van der Waals surface area contributed by atoms with E-state index in [2.05, 4.69) is 0 Å². The number of halogens is 1. The molecule has 1 aromatic carbocycles. The summed E-state index contributed by atoms with van der Waals surface area (Å²) in [4.78, 5) is 14.1. The minimum atomic E-state index is 0.120. The Morgan fingerprint density at radius 1 is 1.37 bits per heavy atom. The highest BCUT2D eigenvalue weighted by Crippen LogP contribution is 2.14. The molecule has 0 aromatic heterocycles. The van der Waals surface area contributed by atoms with Gasteiger partial charge in [0.1, 0.15) is 0 Å². The molecule has 0 N–H and O–H groups in total. The number of Topliss-reactive ketones (excluding diaryl/α,β-unsaturated/α-hetero) is 1. The summed E-state index contributed by atoms with van der Waals surface area (Å²) in [6.07, 6.45) is 3.75. The van der Waals surface area contributed by atoms with E-state index in [1.807, 2.05) is 11.9 Å². The lowest BCUT2D eigenvalue weighted by Gasteiger charge is -2.27. The predicted molar refractivity (Wildman–Crippen MR) is 76.9 cm³/mol. The van der Waals surface area contributed by atoms with E-state index in [0.717, 1.165) is 26.0 Å². The van der Waals surface area contributed by atoms with Crippen molar-refractivity contribution >= 4 is 17.4 Å². The maximum absolute atomic E-state index is 12.1. The van der Waals surface area contributed by atoms with Gasteiger partial charge in [0.25, 0.3) is 0 Å². The number of rotatable bonds is 5. The van der Waals surface area contributed by atoms with Gasteiger partial charge in [0.2, 0.25) is 0 Å². The number of benzene rings is 1. The first-order valence-corrected chi connectivity index (χ1v) is 7.12. The van der Waals surface area contributed by atoms with Gasteiger partial charge in [-0.1, -0.05) is 11.6 Å². The molecule has 4 heteroatoms. The van der Waals surface area contributed by atoms with E-state index in [4.69, 9.17) is 16.3 Å². The fourth-order valence-corrected chi connectivity index (χ4v) is 2.46. The van der Waals surface area contributed by atoms with Crippen LogP contribution < -0.4 is 0 Å². The highest BCUT2D eigenvalue weighted by Gasteiger charge is 2.17. The maximum Gasteiger partial charge on any atom is 0.176 e. The van der Waals surface area contributed by atoms with Gasteiger partial charge in [0.15, 0.2) is 5.78 Å². The third kappa shape index (κ3) is 4.60. The standard InChI is InChI=1S/C15H20ClNO2/c1-17(10-14-4-2-3-9-19-14)11-15(18)12-5-7-13(16)8-6-12/h5-8,14H,2-4,9-11H2,1H3. The molecule has 3 nitrogen and oxygen atoms in total. The van der Waals surface area contributed by atoms with Crippen molar-refractivity contribution in [2.75, 3.05) is 26.7 Å². The summed E-state index contributed by atoms with van der Waals surface area (Å²) in [5.41, 5.74) is 0.709. The lowest BCUT2D eigenvalue weighted by atomic mass is 10.1. The Balaban J connectivity index is 1.82. The fourth-order valence-electron chi connectivity index (χ4n) is 2.34. The Kier molecular flexibility index (Phi) is 5.37. The number of hydrogen-bond donors (Lipinski definition) is 0. The highest BCUT2D eigenvalue weighted by atomic mass is 35.5. The quantitative estimate of drug-likeness (QED) is 0.777. The summed E-state index contributed by atoms with van der Waals surface area (Å²) in [5.74, 6) is 0.120. The fraction of sp³-hybridized carbons (Fsp3) is 0.533. The van der Waals surface area contributed by atoms with Gasteiger partial charge < -0.3 is 4.74 Å². The van der Waals surface area contributed by atoms with Crippen LogP contribution >= 0.6 is 11.6 Å². The van der Waals surface area contributed by atoms with Crippen molar-refractivity contribution in [2.45, 2.75) is 25.4 Å². The van der Waals surface area contributed by atoms with Crippen LogP contribution in [0.3, 0.4) is 0 Å². The Bertz CT molecular complexity index is 413. The number of nitrogens with zero attached hydrogens (tertiary/aromatic N) is 1. The van der Waals surface area contributed by atoms with Crippen molar-refractivity contribution in [1.29, 1.82) is 0 Å². The first-order chi connectivity index (χ1) is 9.15. The van der Waals surface area contributed by atoms with E-state index in [9.17, 15) is 4.79 Å². The molecule has 1 fully saturated rings. The summed E-state index contributed by atoms with van der Waals surface area (Å²) >= 11 is 5.81. The van der Waals surface area contributed by atoms with Gasteiger partial charge in [-0.3, -0.25) is 9.69 Å². The number of likely N-dealkylation sites (N-methyl/N-ethyl adjacent to an activating group) is 1. The van der Waals surface area contributed by atoms with Crippen LogP contribution in [0.4, 0.5) is 0 Å². The zero-order chi connectivity index (χ0) is 13.7. The second-order valence-electron chi connectivity index (χ2n) is 5.12. The SMILES string of the molecule is CN(CC(=O)c1ccc(Cl)cc1)CC1CCCCO1. The van der Waals surface area contributed by atoms with Gasteiger partial charge in [0, 0.05) is 23.7 Å². The molecule has 1 saturated heterocycles. The molecule has 0 radical (unpaired) electrons. The zero-order valence-corrected chi connectivity index (χ0v) is 12.0. The number of hydrogen-bond acceptors (Lipinski definition) is 3. The average molecular weight is 282 g/mol. The van der Waals surface area contributed by atoms with Crippen LogP contribution in [0.25, 0.3) is 0 Å². The lowest BCUT2D eigenvalue weighted by molar-refractivity contribution is -0.000668. The third-order valence-electron chi connectivity index (χ3n) is 3.37. The van der Waals surface area contributed by atoms with Crippen LogP contribution in [0.5, 0.6) is 0 Å². The van der Waals surface area contributed by atoms with E-state index in [-0.39, 0.29) is 11.9 Å². The van der Waals surface area contributed by atoms with E-state index >= 15 is 0 Å². The van der Waals surface area contributed by atoms with Crippen LogP contribution in [0, 0.1) is 0 Å². The summed E-state index contributed by atoms with van der Waals surface area (Å²) in [6, 6.07) is 7.04. The summed E-state index contributed by atoms with van der Waals surface area (Å²) in [7, 11) is 1.96. The topological polar surface area (TPSA) is 29.5 Å². The molecule has 2 rings (SSSR count). The van der Waals surface area contributed by atoms with Crippen molar-refractivity contribution in [3.63, 3.8) is 0 Å². The van der Waals surface area contributed by atoms with Crippen LogP contribution in [-0.2, 0) is 4.74 Å². The molecule has 0 bridgehead atoms. The first kappa shape index (κ1) is 14.5. The largest absolute Gasteiger partial charge is 0.377 e. The van der Waals surface area contributed by atoms with Gasteiger partial charge >= 0.3 is 0 Å². The summed E-state index contributed by atoms with van der Waals surface area (Å²) in [5, 5.41) is 0.653.